The molecule has 0 amide bonds. The Morgan fingerprint density at radius 2 is 1.43 bits per heavy atom. The van der Waals surface area contributed by atoms with Gasteiger partial charge < -0.3 is 0 Å². The lowest BCUT2D eigenvalue weighted by molar-refractivity contribution is 1.08. The molecule has 0 unspecified atom stereocenters. The maximum absolute atomic E-state index is 4.85. The fraction of sp³-hybridized carbons (Fsp3) is 0. The molecule has 0 spiro atoms. The van der Waals surface area contributed by atoms with Gasteiger partial charge in [-0.3, -0.25) is 14.5 Å². The molecule has 0 aliphatic carbocycles. The van der Waals surface area contributed by atoms with Gasteiger partial charge in [-0.15, -0.1) is 0 Å². The fourth-order valence-corrected chi connectivity index (χ4v) is 3.50. The van der Waals surface area contributed by atoms with E-state index in [1.807, 2.05) is 66.9 Å². The summed E-state index contributed by atoms with van der Waals surface area (Å²) in [6, 6.07) is 26.4. The van der Waals surface area contributed by atoms with Crippen molar-refractivity contribution in [3.8, 4) is 28.5 Å². The zero-order valence-electron chi connectivity index (χ0n) is 14.8. The van der Waals surface area contributed by atoms with Crippen molar-refractivity contribution in [3.05, 3.63) is 95.7 Å². The summed E-state index contributed by atoms with van der Waals surface area (Å²) in [5, 5.41) is 0. The summed E-state index contributed by atoms with van der Waals surface area (Å²) in [5.41, 5.74) is 5.75. The van der Waals surface area contributed by atoms with Crippen molar-refractivity contribution in [2.75, 3.05) is 0 Å². The molecule has 0 fully saturated rings. The molecule has 3 heterocycles. The predicted octanol–water partition coefficient (Wildman–Crippen LogP) is 5.91. The Bertz CT molecular complexity index is 1240. The van der Waals surface area contributed by atoms with Gasteiger partial charge in [0, 0.05) is 28.1 Å². The molecule has 5 aromatic rings. The van der Waals surface area contributed by atoms with Gasteiger partial charge in [0.2, 0.25) is 0 Å². The van der Waals surface area contributed by atoms with E-state index in [1.165, 1.54) is 0 Å². The molecule has 0 atom stereocenters. The molecule has 3 aromatic heterocycles. The molecule has 4 nitrogen and oxygen atoms in total. The minimum absolute atomic E-state index is 0.820. The van der Waals surface area contributed by atoms with E-state index in [2.05, 4.69) is 43.7 Å². The zero-order chi connectivity index (χ0) is 18.9. The third kappa shape index (κ3) is 3.00. The number of fused-ring (bicyclic) bond motifs is 1. The van der Waals surface area contributed by atoms with Crippen molar-refractivity contribution < 1.29 is 0 Å². The van der Waals surface area contributed by atoms with Crippen LogP contribution in [0.15, 0.2) is 95.7 Å². The second-order valence-corrected chi connectivity index (χ2v) is 7.30. The summed E-state index contributed by atoms with van der Waals surface area (Å²) in [6.07, 6.45) is 3.64. The lowest BCUT2D eigenvalue weighted by Gasteiger charge is -2.09. The maximum atomic E-state index is 4.85. The molecule has 5 heteroatoms. The van der Waals surface area contributed by atoms with Crippen molar-refractivity contribution in [2.24, 2.45) is 0 Å². The molecule has 0 aliphatic heterocycles. The zero-order valence-corrected chi connectivity index (χ0v) is 16.4. The number of hydrogen-bond donors (Lipinski definition) is 0. The second kappa shape index (κ2) is 7.02. The molecule has 0 N–H and O–H groups in total. The van der Waals surface area contributed by atoms with E-state index in [-0.39, 0.29) is 0 Å². The Morgan fingerprint density at radius 3 is 2.18 bits per heavy atom. The normalized spacial score (nSPS) is 11.0. The van der Waals surface area contributed by atoms with E-state index in [9.17, 15) is 0 Å². The van der Waals surface area contributed by atoms with Crippen LogP contribution < -0.4 is 0 Å². The van der Waals surface area contributed by atoms with Gasteiger partial charge in [0.05, 0.1) is 16.7 Å². The van der Waals surface area contributed by atoms with Crippen molar-refractivity contribution in [2.45, 2.75) is 0 Å². The molecule has 0 bridgehead atoms. The van der Waals surface area contributed by atoms with Crippen LogP contribution in [-0.2, 0) is 0 Å². The molecular weight excluding hydrogens is 412 g/mol. The number of para-hydroxylation sites is 3. The predicted molar refractivity (Wildman–Crippen MR) is 115 cm³/mol. The summed E-state index contributed by atoms with van der Waals surface area (Å²) in [6.45, 7) is 0. The van der Waals surface area contributed by atoms with Crippen LogP contribution in [0.4, 0.5) is 0 Å². The van der Waals surface area contributed by atoms with Gasteiger partial charge in [-0.1, -0.05) is 30.3 Å². The summed E-state index contributed by atoms with van der Waals surface area (Å²) in [5.74, 6) is 0.822. The highest BCUT2D eigenvalue weighted by Gasteiger charge is 2.15. The molecule has 5 rings (SSSR count). The SMILES string of the molecule is Brc1ccc(-c2ccc(-c3nc4ccccc4n3-c3ccccc3)nc2)nc1. The third-order valence-electron chi connectivity index (χ3n) is 4.59. The number of halogens is 1. The molecule has 2 aromatic carbocycles. The highest BCUT2D eigenvalue weighted by Crippen LogP contribution is 2.28. The third-order valence-corrected chi connectivity index (χ3v) is 5.06. The van der Waals surface area contributed by atoms with E-state index in [1.54, 1.807) is 6.20 Å². The Hall–Kier alpha value is -3.31. The molecule has 0 saturated carbocycles. The number of nitrogens with zero attached hydrogens (tertiary/aromatic N) is 4. The van der Waals surface area contributed by atoms with Crippen LogP contribution in [0, 0.1) is 0 Å². The molecule has 0 saturated heterocycles. The first kappa shape index (κ1) is 16.8. The lowest BCUT2D eigenvalue weighted by atomic mass is 10.2. The van der Waals surface area contributed by atoms with Gasteiger partial charge in [0.15, 0.2) is 5.82 Å². The minimum atomic E-state index is 0.820. The maximum Gasteiger partial charge on any atom is 0.164 e. The Balaban J connectivity index is 1.64. The Labute approximate surface area is 170 Å². The number of rotatable bonds is 3. The molecule has 0 radical (unpaired) electrons. The number of imidazole rings is 1. The van der Waals surface area contributed by atoms with Crippen molar-refractivity contribution in [1.29, 1.82) is 0 Å². The second-order valence-electron chi connectivity index (χ2n) is 6.39. The highest BCUT2D eigenvalue weighted by molar-refractivity contribution is 9.10. The number of hydrogen-bond acceptors (Lipinski definition) is 3. The standard InChI is InChI=1S/C23H15BrN4/c24-17-11-13-19(26-15-17)16-10-12-21(25-14-16)23-27-20-8-4-5-9-22(20)28(23)18-6-2-1-3-7-18/h1-15H. The van der Waals surface area contributed by atoms with Crippen LogP contribution in [0.2, 0.25) is 0 Å². The number of aromatic nitrogens is 4. The van der Waals surface area contributed by atoms with Crippen LogP contribution in [0.1, 0.15) is 0 Å². The molecular formula is C23H15BrN4. The summed E-state index contributed by atoms with van der Waals surface area (Å²) in [7, 11) is 0. The average Bonchev–Trinajstić information content (AvgIpc) is 3.15. The van der Waals surface area contributed by atoms with Crippen LogP contribution in [0.3, 0.4) is 0 Å². The van der Waals surface area contributed by atoms with Crippen molar-refractivity contribution >= 4 is 27.0 Å². The highest BCUT2D eigenvalue weighted by atomic mass is 79.9. The first-order valence-electron chi connectivity index (χ1n) is 8.91. The van der Waals surface area contributed by atoms with Gasteiger partial charge in [-0.2, -0.15) is 0 Å². The van der Waals surface area contributed by atoms with E-state index in [0.29, 0.717) is 0 Å². The first-order chi connectivity index (χ1) is 13.8. The van der Waals surface area contributed by atoms with Crippen LogP contribution in [0.5, 0.6) is 0 Å². The van der Waals surface area contributed by atoms with Crippen molar-refractivity contribution in [3.63, 3.8) is 0 Å². The van der Waals surface area contributed by atoms with E-state index in [4.69, 9.17) is 9.97 Å². The Kier molecular flexibility index (Phi) is 4.22. The van der Waals surface area contributed by atoms with Crippen LogP contribution >= 0.6 is 15.9 Å². The average molecular weight is 427 g/mol. The van der Waals surface area contributed by atoms with Gasteiger partial charge in [0.1, 0.15) is 5.69 Å². The smallest absolute Gasteiger partial charge is 0.164 e. The lowest BCUT2D eigenvalue weighted by Crippen LogP contribution is -1.98. The largest absolute Gasteiger partial charge is 0.291 e. The van der Waals surface area contributed by atoms with Crippen LogP contribution in [-0.4, -0.2) is 19.5 Å². The quantitative estimate of drug-likeness (QED) is 0.360. The van der Waals surface area contributed by atoms with Gasteiger partial charge in [-0.25, -0.2) is 4.98 Å². The summed E-state index contributed by atoms with van der Waals surface area (Å²) < 4.78 is 3.10. The van der Waals surface area contributed by atoms with E-state index < -0.39 is 0 Å². The Morgan fingerprint density at radius 1 is 0.679 bits per heavy atom. The fourth-order valence-electron chi connectivity index (χ4n) is 3.26. The topological polar surface area (TPSA) is 43.6 Å². The molecule has 134 valence electrons. The number of benzene rings is 2. The van der Waals surface area contributed by atoms with E-state index in [0.717, 1.165) is 44.0 Å². The summed E-state index contributed by atoms with van der Waals surface area (Å²) in [4.78, 5) is 14.0. The monoisotopic (exact) mass is 426 g/mol. The first-order valence-corrected chi connectivity index (χ1v) is 9.70. The van der Waals surface area contributed by atoms with Crippen molar-refractivity contribution in [1.82, 2.24) is 19.5 Å². The number of pyridine rings is 2. The van der Waals surface area contributed by atoms with E-state index >= 15 is 0 Å². The van der Waals surface area contributed by atoms with Gasteiger partial charge >= 0.3 is 0 Å². The van der Waals surface area contributed by atoms with Gasteiger partial charge in [-0.05, 0) is 64.5 Å². The molecule has 0 aliphatic rings. The van der Waals surface area contributed by atoms with Gasteiger partial charge in [0.25, 0.3) is 0 Å². The summed E-state index contributed by atoms with van der Waals surface area (Å²) >= 11 is 3.42. The minimum Gasteiger partial charge on any atom is -0.291 e. The van der Waals surface area contributed by atoms with Crippen LogP contribution in [0.25, 0.3) is 39.5 Å². The molecule has 28 heavy (non-hydrogen) atoms.